The van der Waals surface area contributed by atoms with Crippen molar-refractivity contribution in [3.8, 4) is 0 Å². The molecule has 0 bridgehead atoms. The third-order valence-corrected chi connectivity index (χ3v) is 2.51. The van der Waals surface area contributed by atoms with Crippen LogP contribution in [0.1, 0.15) is 13.3 Å². The summed E-state index contributed by atoms with van der Waals surface area (Å²) in [4.78, 5) is 22.9. The molecule has 0 unspecified atom stereocenters. The second-order valence-electron chi connectivity index (χ2n) is 3.69. The molecular weight excluding hydrogens is 220 g/mol. The fourth-order valence-corrected chi connectivity index (χ4v) is 1.72. The van der Waals surface area contributed by atoms with Crippen LogP contribution in [0.25, 0.3) is 11.1 Å². The monoisotopic (exact) mass is 234 g/mol. The molecule has 5 heteroatoms. The van der Waals surface area contributed by atoms with Gasteiger partial charge in [-0.1, -0.05) is 12.1 Å². The van der Waals surface area contributed by atoms with E-state index in [-0.39, 0.29) is 12.3 Å². The van der Waals surface area contributed by atoms with Gasteiger partial charge in [-0.2, -0.15) is 0 Å². The van der Waals surface area contributed by atoms with Crippen molar-refractivity contribution in [1.82, 2.24) is 9.88 Å². The summed E-state index contributed by atoms with van der Waals surface area (Å²) in [7, 11) is 0. The number of fused-ring (bicyclic) bond motifs is 1. The number of para-hydroxylation sites is 2. The third kappa shape index (κ3) is 2.38. The maximum Gasteiger partial charge on any atom is 0.419 e. The number of nitrogens with zero attached hydrogens (tertiary/aromatic N) is 1. The van der Waals surface area contributed by atoms with E-state index in [0.29, 0.717) is 18.7 Å². The van der Waals surface area contributed by atoms with E-state index in [4.69, 9.17) is 4.42 Å². The van der Waals surface area contributed by atoms with Crippen molar-refractivity contribution in [2.75, 3.05) is 6.54 Å². The Hall–Kier alpha value is -2.04. The van der Waals surface area contributed by atoms with Crippen LogP contribution >= 0.6 is 0 Å². The van der Waals surface area contributed by atoms with Crippen LogP contribution in [0, 0.1) is 0 Å². The van der Waals surface area contributed by atoms with Crippen LogP contribution in [0.3, 0.4) is 0 Å². The van der Waals surface area contributed by atoms with E-state index >= 15 is 0 Å². The highest BCUT2D eigenvalue weighted by atomic mass is 16.4. The van der Waals surface area contributed by atoms with Crippen molar-refractivity contribution in [3.63, 3.8) is 0 Å². The van der Waals surface area contributed by atoms with Crippen molar-refractivity contribution in [3.05, 3.63) is 34.8 Å². The van der Waals surface area contributed by atoms with Gasteiger partial charge in [0, 0.05) is 19.5 Å². The van der Waals surface area contributed by atoms with Crippen LogP contribution < -0.4 is 11.1 Å². The van der Waals surface area contributed by atoms with Gasteiger partial charge in [-0.25, -0.2) is 4.79 Å². The minimum atomic E-state index is -0.421. The second-order valence-corrected chi connectivity index (χ2v) is 3.69. The maximum absolute atomic E-state index is 11.6. The molecule has 0 fully saturated rings. The first-order valence-corrected chi connectivity index (χ1v) is 5.57. The van der Waals surface area contributed by atoms with Gasteiger partial charge in [-0.15, -0.1) is 0 Å². The molecule has 1 amide bonds. The molecule has 0 aliphatic rings. The third-order valence-electron chi connectivity index (χ3n) is 2.51. The summed E-state index contributed by atoms with van der Waals surface area (Å²) < 4.78 is 6.54. The highest BCUT2D eigenvalue weighted by Gasteiger charge is 2.09. The van der Waals surface area contributed by atoms with E-state index in [1.807, 2.05) is 13.0 Å². The van der Waals surface area contributed by atoms with Crippen LogP contribution in [0.4, 0.5) is 0 Å². The first kappa shape index (κ1) is 11.4. The Morgan fingerprint density at radius 3 is 2.94 bits per heavy atom. The van der Waals surface area contributed by atoms with Crippen molar-refractivity contribution < 1.29 is 9.21 Å². The molecule has 0 saturated heterocycles. The first-order chi connectivity index (χ1) is 8.22. The predicted molar refractivity (Wildman–Crippen MR) is 63.8 cm³/mol. The zero-order chi connectivity index (χ0) is 12.3. The van der Waals surface area contributed by atoms with E-state index in [2.05, 4.69) is 5.32 Å². The number of carbonyl (C=O) groups excluding carboxylic acids is 1. The van der Waals surface area contributed by atoms with E-state index < -0.39 is 5.76 Å². The number of amides is 1. The summed E-state index contributed by atoms with van der Waals surface area (Å²) in [6.07, 6.45) is 0.275. The first-order valence-electron chi connectivity index (χ1n) is 5.57. The summed E-state index contributed by atoms with van der Waals surface area (Å²) in [5.74, 6) is -0.486. The molecule has 17 heavy (non-hydrogen) atoms. The predicted octanol–water partition coefficient (Wildman–Crippen LogP) is 1.12. The average Bonchev–Trinajstić information content (AvgIpc) is 2.62. The number of hydrogen-bond donors (Lipinski definition) is 1. The Kier molecular flexibility index (Phi) is 3.27. The lowest BCUT2D eigenvalue weighted by Crippen LogP contribution is -2.25. The van der Waals surface area contributed by atoms with Crippen LogP contribution in [-0.4, -0.2) is 17.0 Å². The standard InChI is InChI=1S/C12H14N2O3/c1-2-13-11(15)7-8-14-9-5-3-4-6-10(9)17-12(14)16/h3-6H,2,7-8H2,1H3,(H,13,15). The largest absolute Gasteiger partial charge is 0.419 e. The Morgan fingerprint density at radius 2 is 2.18 bits per heavy atom. The fourth-order valence-electron chi connectivity index (χ4n) is 1.72. The number of carbonyl (C=O) groups is 1. The number of nitrogens with one attached hydrogen (secondary N) is 1. The number of aromatic nitrogens is 1. The van der Waals surface area contributed by atoms with Crippen molar-refractivity contribution >= 4 is 17.0 Å². The molecule has 0 atom stereocenters. The minimum absolute atomic E-state index is 0.0651. The number of aryl methyl sites for hydroxylation is 1. The lowest BCUT2D eigenvalue weighted by Gasteiger charge is -2.02. The highest BCUT2D eigenvalue weighted by Crippen LogP contribution is 2.11. The molecule has 1 N–H and O–H groups in total. The summed E-state index contributed by atoms with van der Waals surface area (Å²) in [5.41, 5.74) is 1.27. The average molecular weight is 234 g/mol. The number of hydrogen-bond acceptors (Lipinski definition) is 3. The zero-order valence-electron chi connectivity index (χ0n) is 9.60. The van der Waals surface area contributed by atoms with E-state index in [1.165, 1.54) is 4.57 Å². The summed E-state index contributed by atoms with van der Waals surface area (Å²) in [6.45, 7) is 2.79. The van der Waals surface area contributed by atoms with Crippen LogP contribution in [0.2, 0.25) is 0 Å². The molecule has 0 aliphatic heterocycles. The molecule has 0 aliphatic carbocycles. The molecule has 5 nitrogen and oxygen atoms in total. The van der Waals surface area contributed by atoms with Gasteiger partial charge < -0.3 is 9.73 Å². The Labute approximate surface area is 98.0 Å². The van der Waals surface area contributed by atoms with Gasteiger partial charge in [0.05, 0.1) is 5.52 Å². The van der Waals surface area contributed by atoms with Crippen LogP contribution in [0.5, 0.6) is 0 Å². The Bertz CT molecular complexity index is 583. The quantitative estimate of drug-likeness (QED) is 0.862. The van der Waals surface area contributed by atoms with Gasteiger partial charge in [-0.05, 0) is 19.1 Å². The summed E-state index contributed by atoms with van der Waals surface area (Å²) in [6, 6.07) is 7.18. The normalized spacial score (nSPS) is 10.6. The van der Waals surface area contributed by atoms with Gasteiger partial charge in [0.1, 0.15) is 0 Å². The van der Waals surface area contributed by atoms with Gasteiger partial charge >= 0.3 is 5.76 Å². The summed E-state index contributed by atoms with van der Waals surface area (Å²) >= 11 is 0. The SMILES string of the molecule is CCNC(=O)CCn1c(=O)oc2ccccc21. The van der Waals surface area contributed by atoms with Gasteiger partial charge in [0.2, 0.25) is 5.91 Å². The fraction of sp³-hybridized carbons (Fsp3) is 0.333. The smallest absolute Gasteiger partial charge is 0.408 e. The molecule has 1 aromatic carbocycles. The van der Waals surface area contributed by atoms with E-state index in [0.717, 1.165) is 5.52 Å². The van der Waals surface area contributed by atoms with Crippen LogP contribution in [-0.2, 0) is 11.3 Å². The van der Waals surface area contributed by atoms with E-state index in [1.54, 1.807) is 18.2 Å². The number of rotatable bonds is 4. The Balaban J connectivity index is 2.21. The van der Waals surface area contributed by atoms with E-state index in [9.17, 15) is 9.59 Å². The minimum Gasteiger partial charge on any atom is -0.408 e. The van der Waals surface area contributed by atoms with Gasteiger partial charge in [0.25, 0.3) is 0 Å². The molecule has 0 radical (unpaired) electrons. The molecule has 90 valence electrons. The number of oxazole rings is 1. The molecule has 1 heterocycles. The topological polar surface area (TPSA) is 64.2 Å². The highest BCUT2D eigenvalue weighted by molar-refractivity contribution is 5.76. The van der Waals surface area contributed by atoms with Crippen molar-refractivity contribution in [2.45, 2.75) is 19.9 Å². The Morgan fingerprint density at radius 1 is 1.41 bits per heavy atom. The maximum atomic E-state index is 11.6. The molecule has 2 aromatic rings. The summed E-state index contributed by atoms with van der Waals surface area (Å²) in [5, 5.41) is 2.69. The van der Waals surface area contributed by atoms with Crippen molar-refractivity contribution in [2.24, 2.45) is 0 Å². The second kappa shape index (κ2) is 4.86. The molecule has 1 aromatic heterocycles. The lowest BCUT2D eigenvalue weighted by molar-refractivity contribution is -0.121. The lowest BCUT2D eigenvalue weighted by atomic mass is 10.3. The molecule has 0 saturated carbocycles. The van der Waals surface area contributed by atoms with Crippen molar-refractivity contribution in [1.29, 1.82) is 0 Å². The molecular formula is C12H14N2O3. The van der Waals surface area contributed by atoms with Crippen LogP contribution in [0.15, 0.2) is 33.5 Å². The zero-order valence-corrected chi connectivity index (χ0v) is 9.60. The molecule has 2 rings (SSSR count). The molecule has 0 spiro atoms. The van der Waals surface area contributed by atoms with Gasteiger partial charge in [-0.3, -0.25) is 9.36 Å². The van der Waals surface area contributed by atoms with Gasteiger partial charge in [0.15, 0.2) is 5.58 Å². The number of benzene rings is 1.